The molecule has 0 aliphatic heterocycles. The summed E-state index contributed by atoms with van der Waals surface area (Å²) in [6.45, 7) is 2.19. The van der Waals surface area contributed by atoms with E-state index in [-0.39, 0.29) is 6.04 Å². The van der Waals surface area contributed by atoms with Crippen molar-refractivity contribution < 1.29 is 4.74 Å². The summed E-state index contributed by atoms with van der Waals surface area (Å²) in [5.41, 5.74) is 10.7. The molecule has 2 aromatic carbocycles. The Hall–Kier alpha value is -2.00. The first-order valence-corrected chi connectivity index (χ1v) is 7.46. The van der Waals surface area contributed by atoms with Crippen molar-refractivity contribution in [1.82, 2.24) is 5.32 Å². The van der Waals surface area contributed by atoms with Gasteiger partial charge < -0.3 is 15.8 Å². The number of nitrogens with one attached hydrogen (secondary N) is 1. The quantitative estimate of drug-likeness (QED) is 0.842. The average molecular weight is 282 g/mol. The summed E-state index contributed by atoms with van der Waals surface area (Å²) < 4.78 is 5.46. The lowest BCUT2D eigenvalue weighted by Crippen LogP contribution is -2.23. The Morgan fingerprint density at radius 1 is 1.24 bits per heavy atom. The molecule has 1 aliphatic rings. The van der Waals surface area contributed by atoms with E-state index in [9.17, 15) is 0 Å². The van der Waals surface area contributed by atoms with Gasteiger partial charge in [-0.25, -0.2) is 0 Å². The molecule has 2 atom stereocenters. The summed E-state index contributed by atoms with van der Waals surface area (Å²) in [4.78, 5) is 0. The van der Waals surface area contributed by atoms with Crippen LogP contribution in [0.3, 0.4) is 0 Å². The molecule has 0 heterocycles. The van der Waals surface area contributed by atoms with Crippen molar-refractivity contribution >= 4 is 5.69 Å². The number of para-hydroxylation sites is 1. The molecule has 0 bridgehead atoms. The first-order valence-electron chi connectivity index (χ1n) is 7.46. The van der Waals surface area contributed by atoms with Crippen LogP contribution in [0.5, 0.6) is 5.75 Å². The number of rotatable bonds is 4. The molecular weight excluding hydrogens is 260 g/mol. The number of ether oxygens (including phenoxy) is 1. The number of hydrogen-bond acceptors (Lipinski definition) is 3. The highest BCUT2D eigenvalue weighted by molar-refractivity contribution is 5.48. The van der Waals surface area contributed by atoms with E-state index in [0.717, 1.165) is 24.3 Å². The molecule has 1 aliphatic carbocycles. The zero-order valence-corrected chi connectivity index (χ0v) is 12.6. The number of aryl methyl sites for hydroxylation is 1. The number of fused-ring (bicyclic) bond motifs is 1. The Labute approximate surface area is 126 Å². The SMILES string of the molecule is COc1ccccc1[C@H](C)NC1CCc2cc(N)ccc21. The zero-order valence-electron chi connectivity index (χ0n) is 12.6. The molecule has 3 N–H and O–H groups in total. The molecule has 3 nitrogen and oxygen atoms in total. The second kappa shape index (κ2) is 5.78. The highest BCUT2D eigenvalue weighted by Gasteiger charge is 2.24. The lowest BCUT2D eigenvalue weighted by atomic mass is 10.0. The molecule has 3 heteroatoms. The maximum Gasteiger partial charge on any atom is 0.123 e. The Bertz CT molecular complexity index is 639. The fourth-order valence-corrected chi connectivity index (χ4v) is 3.23. The largest absolute Gasteiger partial charge is 0.496 e. The molecule has 1 unspecified atom stereocenters. The van der Waals surface area contributed by atoms with E-state index < -0.39 is 0 Å². The van der Waals surface area contributed by atoms with Crippen LogP contribution in [0.4, 0.5) is 5.69 Å². The molecule has 0 radical (unpaired) electrons. The van der Waals surface area contributed by atoms with Crippen LogP contribution in [-0.4, -0.2) is 7.11 Å². The summed E-state index contributed by atoms with van der Waals surface area (Å²) in [6.07, 6.45) is 2.22. The standard InChI is InChI=1S/C18H22N2O/c1-12(15-5-3-4-6-18(15)21-2)20-17-10-7-13-11-14(19)8-9-16(13)17/h3-6,8-9,11-12,17,20H,7,10,19H2,1-2H3/t12-,17?/m0/s1. The van der Waals surface area contributed by atoms with Crippen molar-refractivity contribution in [3.63, 3.8) is 0 Å². The molecule has 2 aromatic rings. The van der Waals surface area contributed by atoms with Gasteiger partial charge in [0.1, 0.15) is 5.75 Å². The molecule has 0 amide bonds. The third-order valence-electron chi connectivity index (χ3n) is 4.30. The van der Waals surface area contributed by atoms with Crippen molar-refractivity contribution in [3.8, 4) is 5.75 Å². The number of benzene rings is 2. The molecule has 110 valence electrons. The van der Waals surface area contributed by atoms with Crippen LogP contribution in [0.25, 0.3) is 0 Å². The van der Waals surface area contributed by atoms with Crippen molar-refractivity contribution in [3.05, 3.63) is 59.2 Å². The zero-order chi connectivity index (χ0) is 14.8. The second-order valence-corrected chi connectivity index (χ2v) is 5.68. The molecule has 0 fully saturated rings. The van der Waals surface area contributed by atoms with Crippen molar-refractivity contribution in [2.45, 2.75) is 31.8 Å². The molecular formula is C18H22N2O. The van der Waals surface area contributed by atoms with E-state index in [4.69, 9.17) is 10.5 Å². The minimum absolute atomic E-state index is 0.245. The predicted molar refractivity (Wildman–Crippen MR) is 86.5 cm³/mol. The number of nitrogens with two attached hydrogens (primary N) is 1. The highest BCUT2D eigenvalue weighted by atomic mass is 16.5. The lowest BCUT2D eigenvalue weighted by Gasteiger charge is -2.22. The summed E-state index contributed by atoms with van der Waals surface area (Å²) in [5, 5.41) is 3.72. The van der Waals surface area contributed by atoms with Gasteiger partial charge >= 0.3 is 0 Å². The molecule has 0 saturated carbocycles. The number of methoxy groups -OCH3 is 1. The Morgan fingerprint density at radius 3 is 2.86 bits per heavy atom. The van der Waals surface area contributed by atoms with Crippen molar-refractivity contribution in [1.29, 1.82) is 0 Å². The van der Waals surface area contributed by atoms with Crippen LogP contribution in [0.15, 0.2) is 42.5 Å². The average Bonchev–Trinajstić information content (AvgIpc) is 2.89. The van der Waals surface area contributed by atoms with E-state index in [1.807, 2.05) is 18.2 Å². The third kappa shape index (κ3) is 2.74. The van der Waals surface area contributed by atoms with E-state index >= 15 is 0 Å². The van der Waals surface area contributed by atoms with Gasteiger partial charge in [0.15, 0.2) is 0 Å². The fraction of sp³-hybridized carbons (Fsp3) is 0.333. The van der Waals surface area contributed by atoms with Gasteiger partial charge in [-0.2, -0.15) is 0 Å². The lowest BCUT2D eigenvalue weighted by molar-refractivity contribution is 0.393. The maximum absolute atomic E-state index is 5.87. The topological polar surface area (TPSA) is 47.3 Å². The van der Waals surface area contributed by atoms with Crippen LogP contribution in [0.1, 0.15) is 42.1 Å². The van der Waals surface area contributed by atoms with Gasteiger partial charge in [-0.3, -0.25) is 0 Å². The number of hydrogen-bond donors (Lipinski definition) is 2. The Kier molecular flexibility index (Phi) is 3.84. The van der Waals surface area contributed by atoms with Crippen LogP contribution >= 0.6 is 0 Å². The van der Waals surface area contributed by atoms with Gasteiger partial charge in [-0.15, -0.1) is 0 Å². The van der Waals surface area contributed by atoms with E-state index in [1.54, 1.807) is 7.11 Å². The Balaban J connectivity index is 1.79. The van der Waals surface area contributed by atoms with Gasteiger partial charge in [-0.1, -0.05) is 24.3 Å². The van der Waals surface area contributed by atoms with E-state index in [2.05, 4.69) is 36.5 Å². The van der Waals surface area contributed by atoms with Crippen LogP contribution in [0, 0.1) is 0 Å². The monoisotopic (exact) mass is 282 g/mol. The fourth-order valence-electron chi connectivity index (χ4n) is 3.23. The minimum atomic E-state index is 0.245. The first-order chi connectivity index (χ1) is 10.2. The predicted octanol–water partition coefficient (Wildman–Crippen LogP) is 3.62. The second-order valence-electron chi connectivity index (χ2n) is 5.68. The summed E-state index contributed by atoms with van der Waals surface area (Å²) in [7, 11) is 1.72. The molecule has 0 aromatic heterocycles. The summed E-state index contributed by atoms with van der Waals surface area (Å²) >= 11 is 0. The van der Waals surface area contributed by atoms with Crippen molar-refractivity contribution in [2.24, 2.45) is 0 Å². The van der Waals surface area contributed by atoms with E-state index in [1.165, 1.54) is 16.7 Å². The van der Waals surface area contributed by atoms with Crippen LogP contribution in [-0.2, 0) is 6.42 Å². The molecule has 3 rings (SSSR count). The number of nitrogen functional groups attached to an aromatic ring is 1. The first kappa shape index (κ1) is 14.0. The van der Waals surface area contributed by atoms with Gasteiger partial charge in [0.25, 0.3) is 0 Å². The van der Waals surface area contributed by atoms with Gasteiger partial charge in [0, 0.05) is 23.3 Å². The molecule has 0 saturated heterocycles. The molecule has 21 heavy (non-hydrogen) atoms. The summed E-state index contributed by atoms with van der Waals surface area (Å²) in [5.74, 6) is 0.938. The normalized spacial score (nSPS) is 18.3. The highest BCUT2D eigenvalue weighted by Crippen LogP contribution is 2.35. The number of anilines is 1. The van der Waals surface area contributed by atoms with Gasteiger partial charge in [0.2, 0.25) is 0 Å². The van der Waals surface area contributed by atoms with Gasteiger partial charge in [0.05, 0.1) is 7.11 Å². The van der Waals surface area contributed by atoms with Gasteiger partial charge in [-0.05, 0) is 49.1 Å². The smallest absolute Gasteiger partial charge is 0.123 e. The van der Waals surface area contributed by atoms with E-state index in [0.29, 0.717) is 6.04 Å². The Morgan fingerprint density at radius 2 is 2.05 bits per heavy atom. The maximum atomic E-state index is 5.87. The molecule has 0 spiro atoms. The third-order valence-corrected chi connectivity index (χ3v) is 4.30. The van der Waals surface area contributed by atoms with Crippen LogP contribution < -0.4 is 15.8 Å². The summed E-state index contributed by atoms with van der Waals surface area (Å²) in [6, 6.07) is 15.1. The minimum Gasteiger partial charge on any atom is -0.496 e. The van der Waals surface area contributed by atoms with Crippen LogP contribution in [0.2, 0.25) is 0 Å². The van der Waals surface area contributed by atoms with Crippen molar-refractivity contribution in [2.75, 3.05) is 12.8 Å².